The minimum atomic E-state index is 1.15. The van der Waals surface area contributed by atoms with Gasteiger partial charge < -0.3 is 4.90 Å². The van der Waals surface area contributed by atoms with Crippen LogP contribution >= 0.6 is 22.6 Å². The third kappa shape index (κ3) is 3.09. The molecule has 0 aromatic heterocycles. The third-order valence-electron chi connectivity index (χ3n) is 4.09. The minimum absolute atomic E-state index is 1.15. The van der Waals surface area contributed by atoms with E-state index >= 15 is 0 Å². The number of hydrogen-bond donors (Lipinski definition) is 0. The van der Waals surface area contributed by atoms with Crippen LogP contribution in [0.15, 0.2) is 42.5 Å². The van der Waals surface area contributed by atoms with Gasteiger partial charge in [-0.25, -0.2) is 0 Å². The van der Waals surface area contributed by atoms with Gasteiger partial charge in [-0.05, 0) is 24.4 Å². The quantitative estimate of drug-likeness (QED) is 0.588. The van der Waals surface area contributed by atoms with Crippen LogP contribution in [0.5, 0.6) is 0 Å². The molecule has 0 radical (unpaired) electrons. The molecular formula is C17H21IN2. The van der Waals surface area contributed by atoms with Crippen molar-refractivity contribution in [3.05, 3.63) is 42.5 Å². The Morgan fingerprint density at radius 2 is 1.65 bits per heavy atom. The van der Waals surface area contributed by atoms with Crippen molar-refractivity contribution >= 4 is 39.1 Å². The van der Waals surface area contributed by atoms with Crippen molar-refractivity contribution in [1.82, 2.24) is 4.90 Å². The van der Waals surface area contributed by atoms with Gasteiger partial charge in [0, 0.05) is 41.7 Å². The molecule has 3 heteroatoms. The van der Waals surface area contributed by atoms with Crippen LogP contribution in [0.2, 0.25) is 0 Å². The Balaban J connectivity index is 1.74. The molecule has 1 aliphatic rings. The lowest BCUT2D eigenvalue weighted by atomic mass is 10.1. The van der Waals surface area contributed by atoms with E-state index in [1.165, 1.54) is 46.9 Å². The Bertz CT molecular complexity index is 556. The Labute approximate surface area is 134 Å². The maximum atomic E-state index is 2.60. The van der Waals surface area contributed by atoms with Gasteiger partial charge in [-0.1, -0.05) is 59.0 Å². The van der Waals surface area contributed by atoms with Gasteiger partial charge in [0.1, 0.15) is 0 Å². The van der Waals surface area contributed by atoms with Crippen LogP contribution in [0.1, 0.15) is 6.42 Å². The summed E-state index contributed by atoms with van der Waals surface area (Å²) in [5.74, 6) is 0. The summed E-state index contributed by atoms with van der Waals surface area (Å²) in [5.41, 5.74) is 1.40. The molecule has 2 aromatic carbocycles. The van der Waals surface area contributed by atoms with Gasteiger partial charge in [-0.2, -0.15) is 0 Å². The highest BCUT2D eigenvalue weighted by Gasteiger charge is 2.17. The molecule has 2 aromatic rings. The van der Waals surface area contributed by atoms with E-state index in [1.807, 2.05) is 0 Å². The zero-order valence-electron chi connectivity index (χ0n) is 11.8. The van der Waals surface area contributed by atoms with Crippen molar-refractivity contribution in [2.75, 3.05) is 42.1 Å². The first-order valence-electron chi connectivity index (χ1n) is 7.39. The molecule has 0 N–H and O–H groups in total. The van der Waals surface area contributed by atoms with E-state index < -0.39 is 0 Å². The summed E-state index contributed by atoms with van der Waals surface area (Å²) in [4.78, 5) is 5.14. The number of anilines is 1. The Morgan fingerprint density at radius 3 is 2.45 bits per heavy atom. The number of nitrogens with zero attached hydrogens (tertiary/aromatic N) is 2. The maximum Gasteiger partial charge on any atom is 0.0446 e. The lowest BCUT2D eigenvalue weighted by molar-refractivity contribution is 0.260. The van der Waals surface area contributed by atoms with Crippen LogP contribution in [0.3, 0.4) is 0 Å². The number of piperazine rings is 1. The third-order valence-corrected chi connectivity index (χ3v) is 4.85. The van der Waals surface area contributed by atoms with Gasteiger partial charge in [-0.15, -0.1) is 0 Å². The smallest absolute Gasteiger partial charge is 0.0446 e. The molecule has 3 rings (SSSR count). The Kier molecular flexibility index (Phi) is 4.78. The highest BCUT2D eigenvalue weighted by Crippen LogP contribution is 2.27. The summed E-state index contributed by atoms with van der Waals surface area (Å²) in [5, 5.41) is 2.73. The molecule has 0 saturated carbocycles. The molecule has 1 heterocycles. The highest BCUT2D eigenvalue weighted by atomic mass is 127. The largest absolute Gasteiger partial charge is 0.368 e. The number of fused-ring (bicyclic) bond motifs is 1. The molecule has 0 amide bonds. The molecule has 106 valence electrons. The predicted octanol–water partition coefficient (Wildman–Crippen LogP) is 3.79. The average molecular weight is 380 g/mol. The van der Waals surface area contributed by atoms with Crippen molar-refractivity contribution in [2.24, 2.45) is 0 Å². The number of benzene rings is 2. The van der Waals surface area contributed by atoms with E-state index in [-0.39, 0.29) is 0 Å². The summed E-state index contributed by atoms with van der Waals surface area (Å²) in [7, 11) is 0. The topological polar surface area (TPSA) is 6.48 Å². The van der Waals surface area contributed by atoms with Crippen LogP contribution in [-0.2, 0) is 0 Å². The molecule has 0 spiro atoms. The first-order chi connectivity index (χ1) is 9.88. The molecule has 1 aliphatic heterocycles. The number of halogens is 1. The lowest BCUT2D eigenvalue weighted by Gasteiger charge is -2.36. The predicted molar refractivity (Wildman–Crippen MR) is 96.1 cm³/mol. The molecule has 1 fully saturated rings. The number of alkyl halides is 1. The van der Waals surface area contributed by atoms with Crippen molar-refractivity contribution in [3.8, 4) is 0 Å². The van der Waals surface area contributed by atoms with E-state index in [0.717, 1.165) is 13.1 Å². The maximum absolute atomic E-state index is 2.60. The van der Waals surface area contributed by atoms with Gasteiger partial charge >= 0.3 is 0 Å². The molecule has 2 nitrogen and oxygen atoms in total. The second-order valence-corrected chi connectivity index (χ2v) is 6.45. The molecule has 0 atom stereocenters. The first-order valence-corrected chi connectivity index (χ1v) is 8.92. The van der Waals surface area contributed by atoms with Crippen LogP contribution in [-0.4, -0.2) is 42.1 Å². The number of rotatable bonds is 4. The molecule has 20 heavy (non-hydrogen) atoms. The second-order valence-electron chi connectivity index (χ2n) is 5.37. The second kappa shape index (κ2) is 6.76. The Hall–Kier alpha value is -0.810. The van der Waals surface area contributed by atoms with Crippen molar-refractivity contribution in [1.29, 1.82) is 0 Å². The fraction of sp³-hybridized carbons (Fsp3) is 0.412. The van der Waals surface area contributed by atoms with E-state index in [2.05, 4.69) is 74.9 Å². The molecular weight excluding hydrogens is 359 g/mol. The zero-order valence-corrected chi connectivity index (χ0v) is 13.9. The molecule has 1 saturated heterocycles. The summed E-state index contributed by atoms with van der Waals surface area (Å²) in [6, 6.07) is 15.4. The van der Waals surface area contributed by atoms with Gasteiger partial charge in [0.05, 0.1) is 0 Å². The van der Waals surface area contributed by atoms with Gasteiger partial charge in [0.15, 0.2) is 0 Å². The monoisotopic (exact) mass is 380 g/mol. The fourth-order valence-corrected chi connectivity index (χ4v) is 3.32. The summed E-state index contributed by atoms with van der Waals surface area (Å²) in [6.07, 6.45) is 1.31. The summed E-state index contributed by atoms with van der Waals surface area (Å²) >= 11 is 2.47. The van der Waals surface area contributed by atoms with Crippen LogP contribution in [0.4, 0.5) is 5.69 Å². The van der Waals surface area contributed by atoms with Crippen molar-refractivity contribution in [3.63, 3.8) is 0 Å². The van der Waals surface area contributed by atoms with Crippen molar-refractivity contribution < 1.29 is 0 Å². The van der Waals surface area contributed by atoms with E-state index in [1.54, 1.807) is 0 Å². The van der Waals surface area contributed by atoms with Gasteiger partial charge in [-0.3, -0.25) is 4.90 Å². The first kappa shape index (κ1) is 14.1. The van der Waals surface area contributed by atoms with E-state index in [4.69, 9.17) is 0 Å². The molecule has 0 unspecified atom stereocenters. The zero-order chi connectivity index (χ0) is 13.8. The normalized spacial score (nSPS) is 16.8. The van der Waals surface area contributed by atoms with E-state index in [0.29, 0.717) is 0 Å². The molecule has 0 bridgehead atoms. The van der Waals surface area contributed by atoms with Crippen LogP contribution in [0.25, 0.3) is 10.8 Å². The highest BCUT2D eigenvalue weighted by molar-refractivity contribution is 14.1. The van der Waals surface area contributed by atoms with Crippen LogP contribution in [0, 0.1) is 0 Å². The van der Waals surface area contributed by atoms with Crippen molar-refractivity contribution in [2.45, 2.75) is 6.42 Å². The van der Waals surface area contributed by atoms with Gasteiger partial charge in [0.25, 0.3) is 0 Å². The number of hydrogen-bond acceptors (Lipinski definition) is 2. The average Bonchev–Trinajstić information content (AvgIpc) is 2.53. The fourth-order valence-electron chi connectivity index (χ4n) is 2.98. The summed E-state index contributed by atoms with van der Waals surface area (Å²) < 4.78 is 1.27. The lowest BCUT2D eigenvalue weighted by Crippen LogP contribution is -2.46. The summed E-state index contributed by atoms with van der Waals surface area (Å²) in [6.45, 7) is 5.94. The molecule has 0 aliphatic carbocycles. The van der Waals surface area contributed by atoms with Gasteiger partial charge in [0.2, 0.25) is 0 Å². The standard InChI is InChI=1S/C17H21IN2/c18-9-4-10-19-11-13-20(14-12-19)17-8-3-6-15-5-1-2-7-16(15)17/h1-3,5-8H,4,9-14H2. The minimum Gasteiger partial charge on any atom is -0.368 e. The van der Waals surface area contributed by atoms with E-state index in [9.17, 15) is 0 Å². The Morgan fingerprint density at radius 1 is 0.900 bits per heavy atom. The SMILES string of the molecule is ICCCN1CCN(c2cccc3ccccc23)CC1. The van der Waals surface area contributed by atoms with Crippen LogP contribution < -0.4 is 4.90 Å².